The van der Waals surface area contributed by atoms with Gasteiger partial charge in [0.1, 0.15) is 0 Å². The second-order valence-electron chi connectivity index (χ2n) is 48.3. The molecule has 1 spiro atoms. The Labute approximate surface area is 749 Å². The van der Waals surface area contributed by atoms with Crippen molar-refractivity contribution in [3.8, 4) is 22.3 Å². The molecule has 20 aliphatic carbocycles. The summed E-state index contributed by atoms with van der Waals surface area (Å²) >= 11 is 0. The lowest BCUT2D eigenvalue weighted by Gasteiger charge is -2.38. The van der Waals surface area contributed by atoms with E-state index < -0.39 is 5.41 Å². The van der Waals surface area contributed by atoms with E-state index in [2.05, 4.69) is 231 Å². The molecule has 8 unspecified atom stereocenters. The summed E-state index contributed by atoms with van der Waals surface area (Å²) in [4.78, 5) is 36.5. The van der Waals surface area contributed by atoms with Gasteiger partial charge >= 0.3 is 0 Å². The lowest BCUT2D eigenvalue weighted by atomic mass is 9.67. The fraction of sp³-hybridized carbons (Fsp3) is 0.421. The average molecular weight is 1670 g/mol. The van der Waals surface area contributed by atoms with Gasteiger partial charge < -0.3 is 4.98 Å². The van der Waals surface area contributed by atoms with E-state index in [0.717, 1.165) is 117 Å². The quantitative estimate of drug-likeness (QED) is 0.120. The van der Waals surface area contributed by atoms with Crippen molar-refractivity contribution < 1.29 is 0 Å². The number of hydrogen-bond donors (Lipinski definition) is 1. The predicted octanol–water partition coefficient (Wildman–Crippen LogP) is 30.7. The Kier molecular flexibility index (Phi) is 14.2. The molecule has 0 amide bonds. The number of aromatic nitrogens is 7. The third-order valence-corrected chi connectivity index (χ3v) is 38.8. The first kappa shape index (κ1) is 73.3. The Morgan fingerprint density at radius 3 is 1.27 bits per heavy atom. The third-order valence-electron chi connectivity index (χ3n) is 38.8. The maximum atomic E-state index is 5.64. The van der Waals surface area contributed by atoms with Gasteiger partial charge in [0.05, 0.1) is 49.5 Å². The zero-order chi connectivity index (χ0) is 84.3. The predicted molar refractivity (Wildman–Crippen MR) is 524 cm³/mol. The van der Waals surface area contributed by atoms with Crippen LogP contribution in [0, 0.1) is 47.3 Å². The van der Waals surface area contributed by atoms with Crippen LogP contribution in [0.2, 0.25) is 0 Å². The number of nitrogens with one attached hydrogen (secondary N) is 1. The number of H-pyrrole nitrogens is 1. The lowest BCUT2D eigenvalue weighted by Crippen LogP contribution is -2.26. The van der Waals surface area contributed by atoms with Gasteiger partial charge in [-0.2, -0.15) is 0 Å². The van der Waals surface area contributed by atoms with Gasteiger partial charge in [-0.1, -0.05) is 152 Å². The van der Waals surface area contributed by atoms with Gasteiger partial charge in [-0.05, 0) is 416 Å². The highest BCUT2D eigenvalue weighted by atomic mass is 14.8. The number of benzene rings is 10. The Balaban J connectivity index is 0.0000000917. The highest BCUT2D eigenvalue weighted by molar-refractivity contribution is 6.32. The summed E-state index contributed by atoms with van der Waals surface area (Å²) in [5.41, 5.74) is 38.4. The smallest absolute Gasteiger partial charge is 0.0979 e. The highest BCUT2D eigenvalue weighted by Crippen LogP contribution is 2.68. The summed E-state index contributed by atoms with van der Waals surface area (Å²) < 4.78 is 0. The highest BCUT2D eigenvalue weighted by Gasteiger charge is 2.56. The van der Waals surface area contributed by atoms with Crippen molar-refractivity contribution in [1.82, 2.24) is 34.9 Å². The van der Waals surface area contributed by atoms with Crippen molar-refractivity contribution in [3.05, 3.63) is 260 Å². The molecule has 0 saturated heterocycles. The lowest BCUT2D eigenvalue weighted by molar-refractivity contribution is 0.165. The largest absolute Gasteiger partial charge is 0.356 e. The van der Waals surface area contributed by atoms with Gasteiger partial charge in [0.2, 0.25) is 0 Å². The normalized spacial score (nSPS) is 29.7. The van der Waals surface area contributed by atoms with Gasteiger partial charge in [-0.25, -0.2) is 9.97 Å². The van der Waals surface area contributed by atoms with Crippen LogP contribution in [0.25, 0.3) is 142 Å². The summed E-state index contributed by atoms with van der Waals surface area (Å²) in [7, 11) is 0. The van der Waals surface area contributed by atoms with Crippen molar-refractivity contribution in [1.29, 1.82) is 0 Å². The summed E-state index contributed by atoms with van der Waals surface area (Å²) in [5.74, 6) is 13.2. The fourth-order valence-corrected chi connectivity index (χ4v) is 35.3. The molecule has 17 aromatic rings. The molecule has 37 rings (SSSR count). The van der Waals surface area contributed by atoms with E-state index in [0.29, 0.717) is 17.8 Å². The minimum atomic E-state index is -0.425. The topological polar surface area (TPSA) is 93.1 Å². The average Bonchev–Trinajstić information content (AvgIpc) is 1.50. The molecule has 0 aliphatic heterocycles. The van der Waals surface area contributed by atoms with Crippen molar-refractivity contribution >= 4 is 120 Å². The van der Waals surface area contributed by atoms with Crippen molar-refractivity contribution in [3.63, 3.8) is 0 Å². The van der Waals surface area contributed by atoms with E-state index in [9.17, 15) is 0 Å². The maximum absolute atomic E-state index is 5.64. The van der Waals surface area contributed by atoms with Crippen LogP contribution >= 0.6 is 0 Å². The van der Waals surface area contributed by atoms with Crippen molar-refractivity contribution in [2.45, 2.75) is 271 Å². The van der Waals surface area contributed by atoms with Gasteiger partial charge in [0.25, 0.3) is 0 Å². The summed E-state index contributed by atoms with van der Waals surface area (Å²) in [6.45, 7) is 19.2. The molecule has 8 atom stereocenters. The van der Waals surface area contributed by atoms with Crippen LogP contribution in [0.4, 0.5) is 0 Å². The Morgan fingerprint density at radius 2 is 0.711 bits per heavy atom. The van der Waals surface area contributed by atoms with Crippen LogP contribution in [0.15, 0.2) is 170 Å². The van der Waals surface area contributed by atoms with E-state index >= 15 is 0 Å². The minimum absolute atomic E-state index is 0.0871. The molecular weight excluding hydrogens is 1550 g/mol. The van der Waals surface area contributed by atoms with Gasteiger partial charge in [-0.15, -0.1) is 0 Å². The van der Waals surface area contributed by atoms with Gasteiger partial charge in [-0.3, -0.25) is 19.9 Å². The number of nitrogens with zero attached hydrogens (tertiary/aromatic N) is 6. The third kappa shape index (κ3) is 9.73. The zero-order valence-corrected chi connectivity index (χ0v) is 75.6. The van der Waals surface area contributed by atoms with Crippen LogP contribution in [0.3, 0.4) is 0 Å². The Hall–Kier alpha value is -10.5. The molecule has 0 radical (unpaired) electrons. The maximum Gasteiger partial charge on any atom is 0.0979 e. The number of pyridine rings is 6. The van der Waals surface area contributed by atoms with Gasteiger partial charge in [0.15, 0.2) is 0 Å². The van der Waals surface area contributed by atoms with E-state index in [-0.39, 0.29) is 21.7 Å². The minimum Gasteiger partial charge on any atom is -0.356 e. The molecule has 7 heteroatoms. The molecule has 7 aromatic heterocycles. The molecule has 7 nitrogen and oxygen atoms in total. The fourth-order valence-electron chi connectivity index (χ4n) is 35.3. The van der Waals surface area contributed by atoms with E-state index in [1.54, 1.807) is 33.5 Å². The van der Waals surface area contributed by atoms with Crippen molar-refractivity contribution in [2.24, 2.45) is 47.3 Å². The molecule has 632 valence electrons. The van der Waals surface area contributed by atoms with E-state index in [1.807, 2.05) is 0 Å². The molecule has 20 aliphatic rings. The van der Waals surface area contributed by atoms with Crippen LogP contribution in [-0.2, 0) is 27.1 Å². The van der Waals surface area contributed by atoms with Crippen LogP contribution in [-0.4, -0.2) is 34.9 Å². The van der Waals surface area contributed by atoms with E-state index in [1.165, 1.54) is 299 Å². The monoisotopic (exact) mass is 1660 g/mol. The molecule has 128 heavy (non-hydrogen) atoms. The van der Waals surface area contributed by atoms with Gasteiger partial charge in [0, 0.05) is 101 Å². The molecule has 7 heterocycles. The van der Waals surface area contributed by atoms with Crippen LogP contribution in [0.1, 0.15) is 333 Å². The number of fused-ring (bicyclic) bond motifs is 27. The molecule has 1 N–H and O–H groups in total. The first-order valence-corrected chi connectivity index (χ1v) is 50.5. The SMILES string of the molecule is CC1(C)CC(C)(C)c2c1cnc1cc3c(cc21)-c1ccccc1C31c2ccccc2-c2cc3c4c(cnc3cc21)C(C)(C)CC4(C)C.c1cc2c3ccc4cc5c([nH]c4c3nc2c2nc3c(cc12)C1CC2CC(C1)CC3C2)C1CC2CC(CC5C2)C1.c1nc2c(cc3ccc4cc5cc6c(nc5c5ccc2c3c45)C2CC3CC(CC6C3)C2)c2c1C1CC3CC(C1)CC2C3. The zero-order valence-electron chi connectivity index (χ0n) is 75.6. The number of aromatic amines is 1. The second-order valence-corrected chi connectivity index (χ2v) is 48.3. The standard InChI is InChI=1S/C45H42N2.C40H36N2.C36H35N3/c1-41(2)23-43(5,6)39-29-17-27-25-13-9-11-15-31(25)45(33(27)19-37(29)46-21-35(39)41)32-16-12-10-14-26(32)28-18-30-38(20-34(28)45)47-22-36-40(30)44(7,8)24-42(36,3)4;1-2-24-16-33-35-27-11-19-5-20(12-27)10-26(9-19)34(35)18-41-40(33)31-4-3-30-36(37(24)31)23(1)15-29-17-32-25-7-21-6-22(8-25)14-28(13-21)39(32)42-38(29)30;1-3-27-28-4-2-22-16-30-24-9-19-6-20(10-24)14-26(13-19)32(30)38-34(22)36(28)39-35(27)33-21(1)15-29-23-7-17-5-18(8-23)12-25(11-17)31(29)37-33/h9-22H,23-24H2,1-8H3;1-4,15-22,25-28H,5-14H2;1-4,15-20,23-26,37H,5-14H2. The van der Waals surface area contributed by atoms with Crippen LogP contribution < -0.4 is 0 Å². The summed E-state index contributed by atoms with van der Waals surface area (Å²) in [6, 6.07) is 59.9. The molecular formula is C121H113N7. The number of hydrogen-bond acceptors (Lipinski definition) is 6. The Morgan fingerprint density at radius 1 is 0.273 bits per heavy atom. The van der Waals surface area contributed by atoms with E-state index in [4.69, 9.17) is 29.9 Å². The second kappa shape index (κ2) is 24.8. The summed E-state index contributed by atoms with van der Waals surface area (Å²) in [5, 5.41) is 18.9. The summed E-state index contributed by atoms with van der Waals surface area (Å²) in [6.07, 6.45) is 37.1. The number of rotatable bonds is 0. The molecule has 10 aromatic carbocycles. The molecule has 8 saturated carbocycles. The van der Waals surface area contributed by atoms with Crippen molar-refractivity contribution in [2.75, 3.05) is 0 Å². The molecule has 16 bridgehead atoms. The Bertz CT molecular complexity index is 7570. The first-order chi connectivity index (χ1) is 62.2. The molecule has 8 fully saturated rings. The first-order valence-electron chi connectivity index (χ1n) is 50.5. The van der Waals surface area contributed by atoms with Crippen LogP contribution in [0.5, 0.6) is 0 Å².